The number of benzene rings is 1. The van der Waals surface area contributed by atoms with E-state index in [2.05, 4.69) is 10.6 Å². The van der Waals surface area contributed by atoms with E-state index in [1.807, 2.05) is 6.07 Å². The lowest BCUT2D eigenvalue weighted by Crippen LogP contribution is -2.49. The van der Waals surface area contributed by atoms with Crippen LogP contribution in [-0.4, -0.2) is 30.1 Å². The Morgan fingerprint density at radius 3 is 2.38 bits per heavy atom. The van der Waals surface area contributed by atoms with Crippen molar-refractivity contribution in [1.29, 1.82) is 5.26 Å². The normalized spacial score (nSPS) is 10.8. The van der Waals surface area contributed by atoms with Crippen LogP contribution in [0.4, 0.5) is 4.79 Å². The topological polar surface area (TPSA) is 108 Å². The van der Waals surface area contributed by atoms with E-state index in [9.17, 15) is 14.4 Å². The van der Waals surface area contributed by atoms with Crippen LogP contribution in [0.2, 0.25) is 0 Å². The smallest absolute Gasteiger partial charge is 0.331 e. The molecule has 0 unspecified atom stereocenters. The van der Waals surface area contributed by atoms with E-state index in [-0.39, 0.29) is 0 Å². The summed E-state index contributed by atoms with van der Waals surface area (Å²) in [6, 6.07) is 7.91. The lowest BCUT2D eigenvalue weighted by molar-refractivity contribution is -0.143. The van der Waals surface area contributed by atoms with E-state index in [0.29, 0.717) is 11.1 Å². The standard InChI is InChI=1S/C17H19N3O4/c1-17(2,3)20-16(23)19-14(21)11-24-15(22)9-8-12-4-6-13(10-18)7-5-12/h4-9H,11H2,1-3H3,(H2,19,20,21,23)/b9-8+. The fourth-order valence-electron chi connectivity index (χ4n) is 1.55. The molecule has 0 aromatic heterocycles. The molecule has 0 spiro atoms. The van der Waals surface area contributed by atoms with E-state index < -0.39 is 30.1 Å². The van der Waals surface area contributed by atoms with Gasteiger partial charge in [-0.1, -0.05) is 12.1 Å². The molecule has 1 aromatic carbocycles. The molecule has 126 valence electrons. The van der Waals surface area contributed by atoms with Crippen molar-refractivity contribution in [2.24, 2.45) is 0 Å². The Balaban J connectivity index is 2.39. The van der Waals surface area contributed by atoms with Crippen molar-refractivity contribution < 1.29 is 19.1 Å². The van der Waals surface area contributed by atoms with Crippen LogP contribution in [0.3, 0.4) is 0 Å². The highest BCUT2D eigenvalue weighted by Gasteiger charge is 2.16. The fraction of sp³-hybridized carbons (Fsp3) is 0.294. The summed E-state index contributed by atoms with van der Waals surface area (Å²) in [5, 5.41) is 13.3. The molecule has 0 aliphatic carbocycles. The van der Waals surface area contributed by atoms with Crippen LogP contribution in [0.15, 0.2) is 30.3 Å². The summed E-state index contributed by atoms with van der Waals surface area (Å²) in [4.78, 5) is 34.5. The average Bonchev–Trinajstić information content (AvgIpc) is 2.49. The summed E-state index contributed by atoms with van der Waals surface area (Å²) in [6.45, 7) is 4.75. The van der Waals surface area contributed by atoms with Crippen molar-refractivity contribution in [1.82, 2.24) is 10.6 Å². The Labute approximate surface area is 140 Å². The van der Waals surface area contributed by atoms with Crippen LogP contribution < -0.4 is 10.6 Å². The second-order valence-electron chi connectivity index (χ2n) is 5.93. The van der Waals surface area contributed by atoms with Crippen molar-refractivity contribution >= 4 is 24.0 Å². The molecule has 7 heteroatoms. The predicted molar refractivity (Wildman–Crippen MR) is 87.6 cm³/mol. The summed E-state index contributed by atoms with van der Waals surface area (Å²) in [6.07, 6.45) is 2.65. The number of amides is 3. The molecule has 0 atom stereocenters. The quantitative estimate of drug-likeness (QED) is 0.646. The van der Waals surface area contributed by atoms with Gasteiger partial charge in [-0.3, -0.25) is 10.1 Å². The van der Waals surface area contributed by atoms with Gasteiger partial charge in [0.25, 0.3) is 5.91 Å². The average molecular weight is 329 g/mol. The molecule has 24 heavy (non-hydrogen) atoms. The van der Waals surface area contributed by atoms with E-state index in [1.165, 1.54) is 6.08 Å². The number of rotatable bonds is 4. The van der Waals surface area contributed by atoms with Gasteiger partial charge in [0, 0.05) is 11.6 Å². The third kappa shape index (κ3) is 7.75. The van der Waals surface area contributed by atoms with Gasteiger partial charge >= 0.3 is 12.0 Å². The Bertz CT molecular complexity index is 679. The van der Waals surface area contributed by atoms with Crippen LogP contribution in [-0.2, 0) is 14.3 Å². The van der Waals surface area contributed by atoms with Crippen molar-refractivity contribution in [3.8, 4) is 6.07 Å². The Morgan fingerprint density at radius 1 is 1.21 bits per heavy atom. The van der Waals surface area contributed by atoms with Crippen molar-refractivity contribution in [3.63, 3.8) is 0 Å². The molecule has 1 rings (SSSR count). The second-order valence-corrected chi connectivity index (χ2v) is 5.93. The summed E-state index contributed by atoms with van der Waals surface area (Å²) >= 11 is 0. The fourth-order valence-corrected chi connectivity index (χ4v) is 1.55. The number of ether oxygens (including phenoxy) is 1. The van der Waals surface area contributed by atoms with E-state index >= 15 is 0 Å². The third-order valence-corrected chi connectivity index (χ3v) is 2.54. The highest BCUT2D eigenvalue weighted by Crippen LogP contribution is 2.05. The first-order valence-corrected chi connectivity index (χ1v) is 7.16. The minimum Gasteiger partial charge on any atom is -0.452 e. The van der Waals surface area contributed by atoms with Crippen molar-refractivity contribution in [2.75, 3.05) is 6.61 Å². The van der Waals surface area contributed by atoms with E-state index in [4.69, 9.17) is 10.00 Å². The van der Waals surface area contributed by atoms with E-state index in [1.54, 1.807) is 45.0 Å². The molecule has 0 saturated heterocycles. The lowest BCUT2D eigenvalue weighted by atomic mass is 10.1. The Kier molecular flexibility index (Phi) is 6.68. The third-order valence-electron chi connectivity index (χ3n) is 2.54. The van der Waals surface area contributed by atoms with Crippen LogP contribution in [0, 0.1) is 11.3 Å². The molecule has 0 bridgehead atoms. The zero-order valence-corrected chi connectivity index (χ0v) is 13.8. The monoisotopic (exact) mass is 329 g/mol. The van der Waals surface area contributed by atoms with Gasteiger partial charge in [-0.25, -0.2) is 9.59 Å². The minimum absolute atomic E-state index is 0.481. The Hall–Kier alpha value is -3.14. The molecular weight excluding hydrogens is 310 g/mol. The molecule has 2 N–H and O–H groups in total. The molecule has 0 saturated carbocycles. The van der Waals surface area contributed by atoms with Crippen LogP contribution >= 0.6 is 0 Å². The number of nitrogens with one attached hydrogen (secondary N) is 2. The van der Waals surface area contributed by atoms with Gasteiger partial charge < -0.3 is 10.1 Å². The molecule has 0 fully saturated rings. The highest BCUT2D eigenvalue weighted by molar-refractivity contribution is 5.96. The number of urea groups is 1. The summed E-state index contributed by atoms with van der Waals surface area (Å²) < 4.78 is 4.73. The van der Waals surface area contributed by atoms with Gasteiger partial charge in [-0.05, 0) is 44.5 Å². The van der Waals surface area contributed by atoms with Crippen LogP contribution in [0.25, 0.3) is 6.08 Å². The summed E-state index contributed by atoms with van der Waals surface area (Å²) in [7, 11) is 0. The number of carbonyl (C=O) groups excluding carboxylic acids is 3. The van der Waals surface area contributed by atoms with Gasteiger partial charge in [-0.15, -0.1) is 0 Å². The highest BCUT2D eigenvalue weighted by atomic mass is 16.5. The zero-order chi connectivity index (χ0) is 18.2. The minimum atomic E-state index is -0.725. The maximum absolute atomic E-state index is 11.5. The molecule has 1 aromatic rings. The first kappa shape index (κ1) is 18.9. The van der Waals surface area contributed by atoms with Crippen molar-refractivity contribution in [3.05, 3.63) is 41.5 Å². The number of nitriles is 1. The maximum Gasteiger partial charge on any atom is 0.331 e. The number of esters is 1. The number of imide groups is 1. The molecular formula is C17H19N3O4. The van der Waals surface area contributed by atoms with Gasteiger partial charge in [-0.2, -0.15) is 5.26 Å². The molecule has 0 aliphatic heterocycles. The first-order chi connectivity index (χ1) is 11.2. The molecule has 3 amide bonds. The number of carbonyl (C=O) groups is 3. The number of nitrogens with zero attached hydrogens (tertiary/aromatic N) is 1. The lowest BCUT2D eigenvalue weighted by Gasteiger charge is -2.20. The van der Waals surface area contributed by atoms with Crippen molar-refractivity contribution in [2.45, 2.75) is 26.3 Å². The van der Waals surface area contributed by atoms with Crippen LogP contribution in [0.1, 0.15) is 31.9 Å². The van der Waals surface area contributed by atoms with Crippen LogP contribution in [0.5, 0.6) is 0 Å². The summed E-state index contributed by atoms with van der Waals surface area (Å²) in [5.41, 5.74) is 0.741. The van der Waals surface area contributed by atoms with Gasteiger partial charge in [0.1, 0.15) is 0 Å². The first-order valence-electron chi connectivity index (χ1n) is 7.16. The number of hydrogen-bond donors (Lipinski definition) is 2. The summed E-state index contributed by atoms with van der Waals surface area (Å²) in [5.74, 6) is -1.44. The van der Waals surface area contributed by atoms with Gasteiger partial charge in [0.15, 0.2) is 6.61 Å². The Morgan fingerprint density at radius 2 is 1.83 bits per heavy atom. The second kappa shape index (κ2) is 8.48. The molecule has 0 aliphatic rings. The molecule has 7 nitrogen and oxygen atoms in total. The van der Waals surface area contributed by atoms with Gasteiger partial charge in [0.05, 0.1) is 11.6 Å². The molecule has 0 heterocycles. The predicted octanol–water partition coefficient (Wildman–Crippen LogP) is 1.74. The largest absolute Gasteiger partial charge is 0.452 e. The van der Waals surface area contributed by atoms with Gasteiger partial charge in [0.2, 0.25) is 0 Å². The zero-order valence-electron chi connectivity index (χ0n) is 13.8. The maximum atomic E-state index is 11.5. The molecule has 0 radical (unpaired) electrons. The SMILES string of the molecule is CC(C)(C)NC(=O)NC(=O)COC(=O)/C=C/c1ccc(C#N)cc1. The number of hydrogen-bond acceptors (Lipinski definition) is 5. The van der Waals surface area contributed by atoms with E-state index in [0.717, 1.165) is 6.08 Å².